The summed E-state index contributed by atoms with van der Waals surface area (Å²) in [5.41, 5.74) is 10.9. The van der Waals surface area contributed by atoms with Gasteiger partial charge in [0.15, 0.2) is 5.96 Å². The molecule has 0 bridgehead atoms. The molecule has 2 rings (SSSR count). The molecule has 0 amide bonds. The SMILES string of the molecule is CCCCN=C(N)NSc1c(C)c(C)c2c(c1C)CC(C)(C)O2. The Balaban J connectivity index is 2.21. The molecule has 0 saturated heterocycles. The second kappa shape index (κ2) is 7.04. The van der Waals surface area contributed by atoms with Gasteiger partial charge >= 0.3 is 0 Å². The van der Waals surface area contributed by atoms with E-state index in [9.17, 15) is 0 Å². The van der Waals surface area contributed by atoms with Crippen LogP contribution in [0.5, 0.6) is 5.75 Å². The quantitative estimate of drug-likeness (QED) is 0.369. The Bertz CT molecular complexity index is 623. The van der Waals surface area contributed by atoms with E-state index in [1.54, 1.807) is 11.9 Å². The number of ether oxygens (including phenoxy) is 1. The predicted molar refractivity (Wildman–Crippen MR) is 99.5 cm³/mol. The molecule has 5 heteroatoms. The van der Waals surface area contributed by atoms with Crippen LogP contribution in [0.3, 0.4) is 0 Å². The number of rotatable bonds is 5. The fourth-order valence-electron chi connectivity index (χ4n) is 2.89. The monoisotopic (exact) mass is 335 g/mol. The standard InChI is InChI=1S/C18H29N3OS/c1-7-8-9-20-17(19)21-23-16-12(3)11(2)15-14(13(16)4)10-18(5,6)22-15/h7-10H2,1-6H3,(H3,19,20,21). The van der Waals surface area contributed by atoms with Gasteiger partial charge in [0.1, 0.15) is 11.4 Å². The number of guanidine groups is 1. The van der Waals surface area contributed by atoms with Gasteiger partial charge in [-0.05, 0) is 69.7 Å². The molecule has 0 fully saturated rings. The van der Waals surface area contributed by atoms with Crippen molar-refractivity contribution in [1.82, 2.24) is 4.72 Å². The Morgan fingerprint density at radius 2 is 1.96 bits per heavy atom. The van der Waals surface area contributed by atoms with Crippen molar-refractivity contribution in [3.8, 4) is 5.75 Å². The maximum absolute atomic E-state index is 6.15. The first-order valence-electron chi connectivity index (χ1n) is 8.31. The van der Waals surface area contributed by atoms with Crippen LogP contribution in [-0.4, -0.2) is 18.1 Å². The van der Waals surface area contributed by atoms with Gasteiger partial charge in [-0.2, -0.15) is 0 Å². The minimum absolute atomic E-state index is 0.123. The molecule has 0 aromatic heterocycles. The zero-order valence-corrected chi connectivity index (χ0v) is 16.0. The van der Waals surface area contributed by atoms with Gasteiger partial charge < -0.3 is 10.5 Å². The lowest BCUT2D eigenvalue weighted by Gasteiger charge is -2.19. The van der Waals surface area contributed by atoms with Crippen molar-refractivity contribution in [2.24, 2.45) is 10.7 Å². The van der Waals surface area contributed by atoms with Crippen molar-refractivity contribution in [2.75, 3.05) is 6.54 Å². The summed E-state index contributed by atoms with van der Waals surface area (Å²) in [6.45, 7) is 13.7. The van der Waals surface area contributed by atoms with E-state index in [4.69, 9.17) is 10.5 Å². The van der Waals surface area contributed by atoms with Crippen molar-refractivity contribution >= 4 is 17.9 Å². The van der Waals surface area contributed by atoms with E-state index in [2.05, 4.69) is 51.3 Å². The summed E-state index contributed by atoms with van der Waals surface area (Å²) >= 11 is 1.56. The molecule has 23 heavy (non-hydrogen) atoms. The van der Waals surface area contributed by atoms with E-state index in [1.807, 2.05) is 0 Å². The molecule has 0 atom stereocenters. The van der Waals surface area contributed by atoms with Crippen molar-refractivity contribution in [2.45, 2.75) is 71.3 Å². The maximum Gasteiger partial charge on any atom is 0.199 e. The zero-order valence-electron chi connectivity index (χ0n) is 15.2. The van der Waals surface area contributed by atoms with Gasteiger partial charge in [-0.1, -0.05) is 13.3 Å². The number of unbranched alkanes of at least 4 members (excludes halogenated alkanes) is 1. The first kappa shape index (κ1) is 18.0. The van der Waals surface area contributed by atoms with Gasteiger partial charge in [0.25, 0.3) is 0 Å². The van der Waals surface area contributed by atoms with Gasteiger partial charge in [0.2, 0.25) is 0 Å². The number of fused-ring (bicyclic) bond motifs is 1. The van der Waals surface area contributed by atoms with Gasteiger partial charge in [-0.3, -0.25) is 9.71 Å². The molecule has 1 aromatic carbocycles. The second-order valence-electron chi connectivity index (χ2n) is 6.87. The zero-order chi connectivity index (χ0) is 17.2. The number of nitrogens with one attached hydrogen (secondary N) is 1. The number of benzene rings is 1. The maximum atomic E-state index is 6.15. The second-order valence-corrected chi connectivity index (χ2v) is 7.69. The summed E-state index contributed by atoms with van der Waals surface area (Å²) < 4.78 is 9.34. The van der Waals surface area contributed by atoms with Gasteiger partial charge in [-0.15, -0.1) is 0 Å². The molecule has 0 unspecified atom stereocenters. The number of hydrogen-bond acceptors (Lipinski definition) is 3. The highest BCUT2D eigenvalue weighted by atomic mass is 32.2. The molecule has 0 aliphatic carbocycles. The minimum Gasteiger partial charge on any atom is -0.487 e. The van der Waals surface area contributed by atoms with Crippen LogP contribution in [0.15, 0.2) is 9.89 Å². The molecule has 1 aromatic rings. The third-order valence-corrected chi connectivity index (χ3v) is 5.47. The van der Waals surface area contributed by atoms with Gasteiger partial charge in [0.05, 0.1) is 0 Å². The van der Waals surface area contributed by atoms with Crippen molar-refractivity contribution in [3.05, 3.63) is 22.3 Å². The molecule has 1 heterocycles. The van der Waals surface area contributed by atoms with Crippen LogP contribution in [0.1, 0.15) is 55.9 Å². The highest BCUT2D eigenvalue weighted by Crippen LogP contribution is 2.44. The average Bonchev–Trinajstić information content (AvgIpc) is 2.81. The Labute approximate surface area is 144 Å². The lowest BCUT2D eigenvalue weighted by molar-refractivity contribution is 0.137. The molecular weight excluding hydrogens is 306 g/mol. The van der Waals surface area contributed by atoms with Crippen LogP contribution in [0.25, 0.3) is 0 Å². The van der Waals surface area contributed by atoms with Crippen molar-refractivity contribution < 1.29 is 4.74 Å². The van der Waals surface area contributed by atoms with E-state index in [0.717, 1.165) is 31.6 Å². The largest absolute Gasteiger partial charge is 0.487 e. The molecule has 0 saturated carbocycles. The average molecular weight is 336 g/mol. The Morgan fingerprint density at radius 1 is 1.26 bits per heavy atom. The molecule has 1 aliphatic rings. The summed E-state index contributed by atoms with van der Waals surface area (Å²) in [6.07, 6.45) is 3.14. The fraction of sp³-hybridized carbons (Fsp3) is 0.611. The summed E-state index contributed by atoms with van der Waals surface area (Å²) in [5, 5.41) is 0. The van der Waals surface area contributed by atoms with Crippen molar-refractivity contribution in [3.63, 3.8) is 0 Å². The summed E-state index contributed by atoms with van der Waals surface area (Å²) in [6, 6.07) is 0. The normalized spacial score (nSPS) is 16.2. The first-order chi connectivity index (χ1) is 10.8. The van der Waals surface area contributed by atoms with Crippen LogP contribution in [0, 0.1) is 20.8 Å². The van der Waals surface area contributed by atoms with Crippen LogP contribution in [-0.2, 0) is 6.42 Å². The Kier molecular flexibility index (Phi) is 5.50. The number of nitrogens with zero attached hydrogens (tertiary/aromatic N) is 1. The Hall–Kier alpha value is -1.36. The smallest absolute Gasteiger partial charge is 0.199 e. The molecule has 1 aliphatic heterocycles. The highest BCUT2D eigenvalue weighted by Gasteiger charge is 2.34. The fourth-order valence-corrected chi connectivity index (χ4v) is 3.74. The third-order valence-electron chi connectivity index (χ3n) is 4.34. The number of aliphatic imine (C=N–C) groups is 1. The molecule has 0 radical (unpaired) electrons. The van der Waals surface area contributed by atoms with Crippen LogP contribution >= 0.6 is 11.9 Å². The molecule has 4 nitrogen and oxygen atoms in total. The van der Waals surface area contributed by atoms with E-state index in [-0.39, 0.29) is 5.60 Å². The van der Waals surface area contributed by atoms with E-state index in [1.165, 1.54) is 27.1 Å². The number of nitrogens with two attached hydrogens (primary N) is 1. The first-order valence-corrected chi connectivity index (χ1v) is 9.13. The van der Waals surface area contributed by atoms with Crippen molar-refractivity contribution in [1.29, 1.82) is 0 Å². The predicted octanol–water partition coefficient (Wildman–Crippen LogP) is 4.04. The highest BCUT2D eigenvalue weighted by molar-refractivity contribution is 7.98. The van der Waals surface area contributed by atoms with Crippen LogP contribution < -0.4 is 15.2 Å². The van der Waals surface area contributed by atoms with E-state index >= 15 is 0 Å². The topological polar surface area (TPSA) is 59.6 Å². The third kappa shape index (κ3) is 3.94. The summed E-state index contributed by atoms with van der Waals surface area (Å²) in [5.74, 6) is 1.57. The number of hydrogen-bond donors (Lipinski definition) is 2. The molecule has 0 spiro atoms. The lowest BCUT2D eigenvalue weighted by atomic mass is 9.94. The van der Waals surface area contributed by atoms with Gasteiger partial charge in [-0.25, -0.2) is 0 Å². The summed E-state index contributed by atoms with van der Waals surface area (Å²) in [7, 11) is 0. The van der Waals surface area contributed by atoms with Crippen LogP contribution in [0.4, 0.5) is 0 Å². The Morgan fingerprint density at radius 3 is 2.61 bits per heavy atom. The lowest BCUT2D eigenvalue weighted by Crippen LogP contribution is -2.26. The van der Waals surface area contributed by atoms with E-state index < -0.39 is 0 Å². The molecule has 3 N–H and O–H groups in total. The molecule has 128 valence electrons. The molecular formula is C18H29N3OS. The summed E-state index contributed by atoms with van der Waals surface area (Å²) in [4.78, 5) is 5.58. The van der Waals surface area contributed by atoms with E-state index in [0.29, 0.717) is 5.96 Å². The van der Waals surface area contributed by atoms with Crippen LogP contribution in [0.2, 0.25) is 0 Å². The van der Waals surface area contributed by atoms with Gasteiger partial charge in [0, 0.05) is 23.4 Å². The minimum atomic E-state index is -0.123.